The van der Waals surface area contributed by atoms with E-state index in [1.807, 2.05) is 75.4 Å². The first-order valence-corrected chi connectivity index (χ1v) is 9.83. The van der Waals surface area contributed by atoms with Crippen molar-refractivity contribution in [1.29, 1.82) is 0 Å². The lowest BCUT2D eigenvalue weighted by molar-refractivity contribution is 0.298. The van der Waals surface area contributed by atoms with Crippen molar-refractivity contribution in [2.45, 2.75) is 27.4 Å². The van der Waals surface area contributed by atoms with Crippen molar-refractivity contribution in [3.8, 4) is 17.1 Å². The van der Waals surface area contributed by atoms with E-state index in [0.29, 0.717) is 21.8 Å². The molecule has 3 nitrogen and oxygen atoms in total. The number of ether oxygens (including phenoxy) is 1. The maximum Gasteiger partial charge on any atom is 0.235 e. The van der Waals surface area contributed by atoms with Crippen LogP contribution in [0.2, 0.25) is 5.02 Å². The quantitative estimate of drug-likeness (QED) is 0.383. The Hall–Kier alpha value is -3.04. The van der Waals surface area contributed by atoms with Crippen molar-refractivity contribution in [3.05, 3.63) is 98.2 Å². The van der Waals surface area contributed by atoms with Gasteiger partial charge in [-0.25, -0.2) is 0 Å². The van der Waals surface area contributed by atoms with Crippen molar-refractivity contribution in [3.63, 3.8) is 0 Å². The van der Waals surface area contributed by atoms with Gasteiger partial charge in [-0.15, -0.1) is 0 Å². The summed E-state index contributed by atoms with van der Waals surface area (Å²) in [6.45, 7) is 6.18. The van der Waals surface area contributed by atoms with Crippen LogP contribution in [-0.4, -0.2) is 0 Å². The summed E-state index contributed by atoms with van der Waals surface area (Å²) in [4.78, 5) is 13.3. The van der Waals surface area contributed by atoms with E-state index in [2.05, 4.69) is 0 Å². The minimum Gasteiger partial charge on any atom is -0.481 e. The standard InChI is InChI=1S/C25H21ClO3/c1-15-8-10-18(11-9-15)24-25(28-14-19-6-4-5-7-21(19)26)23(27)20-12-16(2)17(3)13-22(20)29-24/h4-13H,14H2,1-3H3. The van der Waals surface area contributed by atoms with Crippen LogP contribution >= 0.6 is 11.6 Å². The predicted octanol–water partition coefficient (Wildman–Crippen LogP) is 6.62. The van der Waals surface area contributed by atoms with Gasteiger partial charge < -0.3 is 9.15 Å². The Bertz CT molecular complexity index is 1250. The minimum absolute atomic E-state index is 0.180. The molecule has 0 bridgehead atoms. The molecule has 0 saturated heterocycles. The molecule has 0 N–H and O–H groups in total. The minimum atomic E-state index is -0.183. The van der Waals surface area contributed by atoms with Crippen molar-refractivity contribution in [2.75, 3.05) is 0 Å². The molecule has 29 heavy (non-hydrogen) atoms. The SMILES string of the molecule is Cc1ccc(-c2oc3cc(C)c(C)cc3c(=O)c2OCc2ccccc2Cl)cc1. The van der Waals surface area contributed by atoms with Gasteiger partial charge in [-0.1, -0.05) is 59.6 Å². The van der Waals surface area contributed by atoms with E-state index >= 15 is 0 Å². The van der Waals surface area contributed by atoms with Gasteiger partial charge in [0.05, 0.1) is 5.39 Å². The summed E-state index contributed by atoms with van der Waals surface area (Å²) in [7, 11) is 0. The first-order chi connectivity index (χ1) is 13.9. The summed E-state index contributed by atoms with van der Waals surface area (Å²) in [6, 6.07) is 19.0. The summed E-state index contributed by atoms with van der Waals surface area (Å²) in [5.74, 6) is 0.627. The van der Waals surface area contributed by atoms with E-state index in [1.54, 1.807) is 6.07 Å². The zero-order valence-corrected chi connectivity index (χ0v) is 17.3. The number of rotatable bonds is 4. The molecule has 0 aliphatic heterocycles. The first-order valence-electron chi connectivity index (χ1n) is 9.45. The fraction of sp³-hybridized carbons (Fsp3) is 0.160. The highest BCUT2D eigenvalue weighted by molar-refractivity contribution is 6.31. The predicted molar refractivity (Wildman–Crippen MR) is 118 cm³/mol. The summed E-state index contributed by atoms with van der Waals surface area (Å²) in [6.07, 6.45) is 0. The Kier molecular flexibility index (Phi) is 5.16. The van der Waals surface area contributed by atoms with E-state index in [9.17, 15) is 4.79 Å². The molecule has 0 aliphatic carbocycles. The second-order valence-corrected chi connectivity index (χ2v) is 7.68. The van der Waals surface area contributed by atoms with Crippen LogP contribution in [0.25, 0.3) is 22.3 Å². The van der Waals surface area contributed by atoms with Crippen LogP contribution in [0, 0.1) is 20.8 Å². The molecule has 0 unspecified atom stereocenters. The molecule has 0 amide bonds. The second kappa shape index (κ2) is 7.76. The molecule has 1 aromatic heterocycles. The second-order valence-electron chi connectivity index (χ2n) is 7.27. The van der Waals surface area contributed by atoms with Gasteiger partial charge in [0.2, 0.25) is 11.2 Å². The van der Waals surface area contributed by atoms with Crippen molar-refractivity contribution < 1.29 is 9.15 Å². The van der Waals surface area contributed by atoms with Gasteiger partial charge in [0.15, 0.2) is 5.76 Å². The van der Waals surface area contributed by atoms with E-state index in [4.69, 9.17) is 20.8 Å². The summed E-state index contributed by atoms with van der Waals surface area (Å²) < 4.78 is 12.2. The maximum atomic E-state index is 13.3. The molecular weight excluding hydrogens is 384 g/mol. The third kappa shape index (κ3) is 3.79. The Morgan fingerprint density at radius 3 is 2.34 bits per heavy atom. The topological polar surface area (TPSA) is 39.4 Å². The Labute approximate surface area is 174 Å². The molecule has 4 rings (SSSR count). The molecular formula is C25H21ClO3. The lowest BCUT2D eigenvalue weighted by Crippen LogP contribution is -2.11. The van der Waals surface area contributed by atoms with Crippen molar-refractivity contribution >= 4 is 22.6 Å². The van der Waals surface area contributed by atoms with Crippen LogP contribution in [-0.2, 0) is 6.61 Å². The number of benzene rings is 3. The Morgan fingerprint density at radius 2 is 1.62 bits per heavy atom. The molecule has 4 heteroatoms. The average molecular weight is 405 g/mol. The molecule has 3 aromatic carbocycles. The lowest BCUT2D eigenvalue weighted by Gasteiger charge is -2.13. The third-order valence-corrected chi connectivity index (χ3v) is 5.48. The summed E-state index contributed by atoms with van der Waals surface area (Å²) >= 11 is 6.26. The molecule has 0 fully saturated rings. The summed E-state index contributed by atoms with van der Waals surface area (Å²) in [5, 5.41) is 1.11. The zero-order chi connectivity index (χ0) is 20.5. The molecule has 0 spiro atoms. The van der Waals surface area contributed by atoms with Gasteiger partial charge in [-0.05, 0) is 50.1 Å². The van der Waals surface area contributed by atoms with Gasteiger partial charge in [0.25, 0.3) is 0 Å². The lowest BCUT2D eigenvalue weighted by atomic mass is 10.0. The molecule has 4 aromatic rings. The van der Waals surface area contributed by atoms with Gasteiger partial charge in [0.1, 0.15) is 12.2 Å². The highest BCUT2D eigenvalue weighted by Gasteiger charge is 2.19. The number of halogens is 1. The van der Waals surface area contributed by atoms with Crippen LogP contribution in [0.3, 0.4) is 0 Å². The van der Waals surface area contributed by atoms with E-state index in [0.717, 1.165) is 27.8 Å². The van der Waals surface area contributed by atoms with E-state index in [-0.39, 0.29) is 17.8 Å². The number of hydrogen-bond donors (Lipinski definition) is 0. The van der Waals surface area contributed by atoms with Crippen LogP contribution in [0.1, 0.15) is 22.3 Å². The van der Waals surface area contributed by atoms with Gasteiger partial charge in [-0.3, -0.25) is 4.79 Å². The largest absolute Gasteiger partial charge is 0.481 e. The smallest absolute Gasteiger partial charge is 0.235 e. The summed E-state index contributed by atoms with van der Waals surface area (Å²) in [5.41, 5.74) is 5.20. The van der Waals surface area contributed by atoms with Gasteiger partial charge in [-0.2, -0.15) is 0 Å². The fourth-order valence-corrected chi connectivity index (χ4v) is 3.42. The van der Waals surface area contributed by atoms with E-state index in [1.165, 1.54) is 0 Å². The molecule has 0 saturated carbocycles. The monoisotopic (exact) mass is 404 g/mol. The van der Waals surface area contributed by atoms with Crippen LogP contribution < -0.4 is 10.2 Å². The van der Waals surface area contributed by atoms with E-state index < -0.39 is 0 Å². The van der Waals surface area contributed by atoms with Crippen LogP contribution in [0.15, 0.2) is 69.9 Å². The van der Waals surface area contributed by atoms with Crippen LogP contribution in [0.5, 0.6) is 5.75 Å². The number of aryl methyl sites for hydroxylation is 3. The van der Waals surface area contributed by atoms with Crippen LogP contribution in [0.4, 0.5) is 0 Å². The molecule has 1 heterocycles. The maximum absolute atomic E-state index is 13.3. The molecule has 0 atom stereocenters. The number of fused-ring (bicyclic) bond motifs is 1. The Morgan fingerprint density at radius 1 is 0.931 bits per heavy atom. The van der Waals surface area contributed by atoms with Crippen molar-refractivity contribution in [2.24, 2.45) is 0 Å². The first kappa shape index (κ1) is 19.3. The average Bonchev–Trinajstić information content (AvgIpc) is 2.70. The number of hydrogen-bond acceptors (Lipinski definition) is 3. The van der Waals surface area contributed by atoms with Gasteiger partial charge in [0, 0.05) is 16.1 Å². The molecule has 0 aliphatic rings. The fourth-order valence-electron chi connectivity index (χ4n) is 3.22. The molecule has 146 valence electrons. The van der Waals surface area contributed by atoms with Crippen molar-refractivity contribution in [1.82, 2.24) is 0 Å². The molecule has 0 radical (unpaired) electrons. The Balaban J connectivity index is 1.89. The third-order valence-electron chi connectivity index (χ3n) is 5.11. The normalized spacial score (nSPS) is 11.0. The highest BCUT2D eigenvalue weighted by Crippen LogP contribution is 2.32. The highest BCUT2D eigenvalue weighted by atomic mass is 35.5. The zero-order valence-electron chi connectivity index (χ0n) is 16.6. The van der Waals surface area contributed by atoms with Gasteiger partial charge >= 0.3 is 0 Å².